The first-order valence-electron chi connectivity index (χ1n) is 4.39. The van der Waals surface area contributed by atoms with Gasteiger partial charge >= 0.3 is 0 Å². The number of hydrogen-bond donors (Lipinski definition) is 0. The summed E-state index contributed by atoms with van der Waals surface area (Å²) in [5, 5.41) is 0. The molecule has 2 nitrogen and oxygen atoms in total. The normalized spacial score (nSPS) is 16.7. The van der Waals surface area contributed by atoms with Crippen molar-refractivity contribution in [2.24, 2.45) is 0 Å². The monoisotopic (exact) mass is 193 g/mol. The van der Waals surface area contributed by atoms with E-state index in [0.717, 1.165) is 4.88 Å². The fourth-order valence-electron chi connectivity index (χ4n) is 1.24. The average Bonchev–Trinajstić information content (AvgIpc) is 2.82. The number of carbonyl (C=O) groups excluding carboxylic acids is 1. The van der Waals surface area contributed by atoms with Crippen LogP contribution in [-0.2, 0) is 4.79 Å². The fourth-order valence-corrected chi connectivity index (χ4v) is 2.01. The zero-order valence-electron chi connectivity index (χ0n) is 7.49. The minimum absolute atomic E-state index is 0.0927. The van der Waals surface area contributed by atoms with Crippen molar-refractivity contribution < 1.29 is 4.79 Å². The molecular weight excluding hydrogens is 182 g/mol. The number of allylic oxidation sites excluding steroid dienone is 1. The molecule has 1 aromatic heterocycles. The Kier molecular flexibility index (Phi) is 2.27. The number of ketones is 1. The molecule has 1 aliphatic carbocycles. The second-order valence-electron chi connectivity index (χ2n) is 3.32. The lowest BCUT2D eigenvalue weighted by molar-refractivity contribution is -0.112. The molecule has 1 aliphatic rings. The molecule has 0 bridgehead atoms. The van der Waals surface area contributed by atoms with E-state index in [1.165, 1.54) is 18.5 Å². The molecule has 68 valence electrons. The third kappa shape index (κ3) is 2.04. The van der Waals surface area contributed by atoms with Gasteiger partial charge < -0.3 is 0 Å². The molecular formula is C10H11NOS. The highest BCUT2D eigenvalue weighted by Crippen LogP contribution is 2.42. The molecule has 0 amide bonds. The van der Waals surface area contributed by atoms with E-state index in [2.05, 4.69) is 4.98 Å². The molecule has 0 aliphatic heterocycles. The van der Waals surface area contributed by atoms with Gasteiger partial charge in [-0.3, -0.25) is 4.79 Å². The van der Waals surface area contributed by atoms with E-state index in [4.69, 9.17) is 0 Å². The summed E-state index contributed by atoms with van der Waals surface area (Å²) in [6.45, 7) is 1.56. The minimum atomic E-state index is 0.0927. The molecule has 0 radical (unpaired) electrons. The Balaban J connectivity index is 2.19. The standard InChI is InChI=1S/C10H11NOS/c1-7(12)2-5-9-10(8-3-4-8)11-6-13-9/h2,5-6,8H,3-4H2,1H3/b5-2+. The summed E-state index contributed by atoms with van der Waals surface area (Å²) in [7, 11) is 0. The Hall–Kier alpha value is -0.960. The van der Waals surface area contributed by atoms with Crippen molar-refractivity contribution in [3.63, 3.8) is 0 Å². The minimum Gasteiger partial charge on any atom is -0.295 e. The van der Waals surface area contributed by atoms with Crippen LogP contribution in [-0.4, -0.2) is 10.8 Å². The Morgan fingerprint density at radius 2 is 2.46 bits per heavy atom. The molecule has 1 fully saturated rings. The largest absolute Gasteiger partial charge is 0.295 e. The van der Waals surface area contributed by atoms with E-state index in [9.17, 15) is 4.79 Å². The van der Waals surface area contributed by atoms with Crippen LogP contribution in [0.25, 0.3) is 6.08 Å². The van der Waals surface area contributed by atoms with Crippen molar-refractivity contribution in [3.8, 4) is 0 Å². The number of nitrogens with zero attached hydrogens (tertiary/aromatic N) is 1. The van der Waals surface area contributed by atoms with Gasteiger partial charge in [-0.2, -0.15) is 0 Å². The molecule has 3 heteroatoms. The lowest BCUT2D eigenvalue weighted by Crippen LogP contribution is -1.83. The summed E-state index contributed by atoms with van der Waals surface area (Å²) in [4.78, 5) is 16.2. The average molecular weight is 193 g/mol. The van der Waals surface area contributed by atoms with Crippen LogP contribution in [0.3, 0.4) is 0 Å². The SMILES string of the molecule is CC(=O)/C=C/c1scnc1C1CC1. The summed E-state index contributed by atoms with van der Waals surface area (Å²) >= 11 is 1.61. The van der Waals surface area contributed by atoms with Crippen molar-refractivity contribution in [1.29, 1.82) is 0 Å². The van der Waals surface area contributed by atoms with Crippen LogP contribution in [0.2, 0.25) is 0 Å². The van der Waals surface area contributed by atoms with Gasteiger partial charge in [0.1, 0.15) is 0 Å². The van der Waals surface area contributed by atoms with Crippen LogP contribution in [0.4, 0.5) is 0 Å². The molecule has 0 aromatic carbocycles. The van der Waals surface area contributed by atoms with Gasteiger partial charge in [0, 0.05) is 5.92 Å². The topological polar surface area (TPSA) is 30.0 Å². The molecule has 0 N–H and O–H groups in total. The Bertz CT molecular complexity index is 350. The molecule has 0 unspecified atom stereocenters. The first-order chi connectivity index (χ1) is 6.27. The predicted octanol–water partition coefficient (Wildman–Crippen LogP) is 2.62. The second kappa shape index (κ2) is 3.42. The first kappa shape index (κ1) is 8.63. The zero-order valence-corrected chi connectivity index (χ0v) is 8.30. The number of hydrogen-bond acceptors (Lipinski definition) is 3. The summed E-state index contributed by atoms with van der Waals surface area (Å²) in [5.74, 6) is 0.757. The van der Waals surface area contributed by atoms with Crippen molar-refractivity contribution in [3.05, 3.63) is 22.2 Å². The van der Waals surface area contributed by atoms with E-state index in [-0.39, 0.29) is 5.78 Å². The quantitative estimate of drug-likeness (QED) is 0.691. The molecule has 2 rings (SSSR count). The van der Waals surface area contributed by atoms with Crippen LogP contribution in [0.15, 0.2) is 11.6 Å². The second-order valence-corrected chi connectivity index (χ2v) is 4.21. The maximum absolute atomic E-state index is 10.7. The highest BCUT2D eigenvalue weighted by atomic mass is 32.1. The van der Waals surface area contributed by atoms with Gasteiger partial charge in [0.05, 0.1) is 16.1 Å². The Labute approximate surface area is 81.3 Å². The summed E-state index contributed by atoms with van der Waals surface area (Å²) in [6.07, 6.45) is 6.00. The van der Waals surface area contributed by atoms with Crippen LogP contribution < -0.4 is 0 Å². The maximum atomic E-state index is 10.7. The number of thiazole rings is 1. The highest BCUT2D eigenvalue weighted by Gasteiger charge is 2.27. The van der Waals surface area contributed by atoms with Crippen molar-refractivity contribution in [1.82, 2.24) is 4.98 Å². The van der Waals surface area contributed by atoms with Gasteiger partial charge in [0.15, 0.2) is 5.78 Å². The third-order valence-electron chi connectivity index (χ3n) is 2.06. The molecule has 1 saturated carbocycles. The molecule has 13 heavy (non-hydrogen) atoms. The lowest BCUT2D eigenvalue weighted by atomic mass is 10.2. The molecule has 0 saturated heterocycles. The van der Waals surface area contributed by atoms with Crippen LogP contribution in [0.5, 0.6) is 0 Å². The maximum Gasteiger partial charge on any atom is 0.152 e. The Morgan fingerprint density at radius 3 is 3.08 bits per heavy atom. The zero-order chi connectivity index (χ0) is 9.26. The van der Waals surface area contributed by atoms with E-state index >= 15 is 0 Å². The van der Waals surface area contributed by atoms with E-state index in [1.807, 2.05) is 11.6 Å². The number of rotatable bonds is 3. The van der Waals surface area contributed by atoms with Crippen LogP contribution in [0.1, 0.15) is 36.3 Å². The van der Waals surface area contributed by atoms with Gasteiger partial charge in [-0.05, 0) is 31.9 Å². The van der Waals surface area contributed by atoms with E-state index in [0.29, 0.717) is 5.92 Å². The smallest absolute Gasteiger partial charge is 0.152 e. The predicted molar refractivity (Wildman–Crippen MR) is 53.8 cm³/mol. The van der Waals surface area contributed by atoms with Crippen molar-refractivity contribution in [2.45, 2.75) is 25.7 Å². The molecule has 1 aromatic rings. The van der Waals surface area contributed by atoms with Gasteiger partial charge in [0.25, 0.3) is 0 Å². The van der Waals surface area contributed by atoms with Gasteiger partial charge in [-0.25, -0.2) is 4.98 Å². The van der Waals surface area contributed by atoms with E-state index in [1.54, 1.807) is 24.3 Å². The highest BCUT2D eigenvalue weighted by molar-refractivity contribution is 7.10. The van der Waals surface area contributed by atoms with Crippen molar-refractivity contribution in [2.75, 3.05) is 0 Å². The molecule has 0 atom stereocenters. The van der Waals surface area contributed by atoms with Gasteiger partial charge in [0.2, 0.25) is 0 Å². The van der Waals surface area contributed by atoms with Crippen molar-refractivity contribution >= 4 is 23.2 Å². The fraction of sp³-hybridized carbons (Fsp3) is 0.400. The third-order valence-corrected chi connectivity index (χ3v) is 2.87. The number of carbonyl (C=O) groups is 1. The first-order valence-corrected chi connectivity index (χ1v) is 5.27. The number of aromatic nitrogens is 1. The van der Waals surface area contributed by atoms with Crippen LogP contribution >= 0.6 is 11.3 Å². The van der Waals surface area contributed by atoms with Gasteiger partial charge in [-0.15, -0.1) is 11.3 Å². The summed E-state index contributed by atoms with van der Waals surface area (Å²) in [6, 6.07) is 0. The summed E-state index contributed by atoms with van der Waals surface area (Å²) in [5.41, 5.74) is 3.04. The molecule has 0 spiro atoms. The lowest BCUT2D eigenvalue weighted by Gasteiger charge is -1.91. The van der Waals surface area contributed by atoms with E-state index < -0.39 is 0 Å². The summed E-state index contributed by atoms with van der Waals surface area (Å²) < 4.78 is 0. The Morgan fingerprint density at radius 1 is 1.69 bits per heavy atom. The van der Waals surface area contributed by atoms with Crippen LogP contribution in [0, 0.1) is 0 Å². The van der Waals surface area contributed by atoms with Gasteiger partial charge in [-0.1, -0.05) is 0 Å². The molecule has 1 heterocycles.